The molecule has 0 radical (unpaired) electrons. The molecule has 0 fully saturated rings. The van der Waals surface area contributed by atoms with Crippen molar-refractivity contribution in [1.29, 1.82) is 0 Å². The number of methoxy groups -OCH3 is 2. The van der Waals surface area contributed by atoms with Gasteiger partial charge in [-0.15, -0.1) is 22.7 Å². The second-order valence-corrected chi connectivity index (χ2v) is 5.96. The molecule has 0 amide bonds. The van der Waals surface area contributed by atoms with E-state index >= 15 is 0 Å². The average molecular weight is 284 g/mol. The first-order valence-corrected chi connectivity index (χ1v) is 7.27. The first kappa shape index (κ1) is 13.7. The molecule has 1 unspecified atom stereocenters. The van der Waals surface area contributed by atoms with E-state index in [0.717, 1.165) is 15.3 Å². The Morgan fingerprint density at radius 2 is 1.89 bits per heavy atom. The summed E-state index contributed by atoms with van der Waals surface area (Å²) in [6.45, 7) is 1.71. The van der Waals surface area contributed by atoms with Crippen LogP contribution in [-0.2, 0) is 15.1 Å². The second-order valence-electron chi connectivity index (χ2n) is 4.09. The summed E-state index contributed by atoms with van der Waals surface area (Å²) in [6, 6.07) is 5.97. The summed E-state index contributed by atoms with van der Waals surface area (Å²) in [6.07, 6.45) is -0.689. The van der Waals surface area contributed by atoms with Crippen LogP contribution in [0.5, 0.6) is 0 Å². The molecule has 2 aromatic rings. The Hall–Kier alpha value is -0.720. The molecule has 2 rings (SSSR count). The maximum absolute atomic E-state index is 10.7. The van der Waals surface area contributed by atoms with E-state index in [9.17, 15) is 5.11 Å². The first-order chi connectivity index (χ1) is 8.61. The minimum atomic E-state index is -1.18. The molecule has 0 aliphatic heterocycles. The summed E-state index contributed by atoms with van der Waals surface area (Å²) in [4.78, 5) is 2.21. The lowest BCUT2D eigenvalue weighted by atomic mass is 9.95. The molecule has 0 aliphatic carbocycles. The molecule has 0 aromatic carbocycles. The van der Waals surface area contributed by atoms with Gasteiger partial charge >= 0.3 is 0 Å². The molecule has 0 saturated carbocycles. The summed E-state index contributed by atoms with van der Waals surface area (Å²) in [5.41, 5.74) is -0.341. The highest BCUT2D eigenvalue weighted by molar-refractivity contribution is 7.20. The Balaban J connectivity index is 2.43. The second kappa shape index (κ2) is 5.50. The summed E-state index contributed by atoms with van der Waals surface area (Å²) in [5, 5.41) is 14.7. The van der Waals surface area contributed by atoms with Gasteiger partial charge in [0.1, 0.15) is 5.60 Å². The molecule has 0 bridgehead atoms. The third-order valence-corrected chi connectivity index (χ3v) is 4.81. The minimum absolute atomic E-state index is 0.689. The van der Waals surface area contributed by atoms with Crippen molar-refractivity contribution >= 4 is 22.7 Å². The van der Waals surface area contributed by atoms with Gasteiger partial charge in [0.2, 0.25) is 0 Å². The van der Waals surface area contributed by atoms with Crippen LogP contribution in [0.3, 0.4) is 0 Å². The Kier molecular flexibility index (Phi) is 4.19. The van der Waals surface area contributed by atoms with Crippen LogP contribution in [0.25, 0.3) is 9.75 Å². The van der Waals surface area contributed by atoms with Gasteiger partial charge in [-0.3, -0.25) is 0 Å². The van der Waals surface area contributed by atoms with Crippen molar-refractivity contribution < 1.29 is 14.6 Å². The van der Waals surface area contributed by atoms with Gasteiger partial charge < -0.3 is 14.6 Å². The Morgan fingerprint density at radius 3 is 2.44 bits per heavy atom. The van der Waals surface area contributed by atoms with Gasteiger partial charge in [-0.1, -0.05) is 6.07 Å². The van der Waals surface area contributed by atoms with Crippen molar-refractivity contribution in [3.8, 4) is 9.75 Å². The monoisotopic (exact) mass is 284 g/mol. The average Bonchev–Trinajstić information content (AvgIpc) is 3.01. The number of thiophene rings is 2. The molecule has 1 N–H and O–H groups in total. The van der Waals surface area contributed by atoms with E-state index in [1.54, 1.807) is 29.6 Å². The van der Waals surface area contributed by atoms with Crippen molar-refractivity contribution in [1.82, 2.24) is 0 Å². The Morgan fingerprint density at radius 1 is 1.17 bits per heavy atom. The summed E-state index contributed by atoms with van der Waals surface area (Å²) in [5.74, 6) is 0. The number of rotatable bonds is 5. The molecule has 3 nitrogen and oxygen atoms in total. The van der Waals surface area contributed by atoms with Gasteiger partial charge in [-0.25, -0.2) is 0 Å². The molecule has 5 heteroatoms. The van der Waals surface area contributed by atoms with Gasteiger partial charge in [0, 0.05) is 24.7 Å². The van der Waals surface area contributed by atoms with Gasteiger partial charge in [-0.05, 0) is 29.8 Å². The zero-order chi connectivity index (χ0) is 13.2. The standard InChI is InChI=1S/C13H16O3S2/c1-13(14,12(15-2)16-3)9-6-8-18-11(9)10-5-4-7-17-10/h4-8,12,14H,1-3H3. The van der Waals surface area contributed by atoms with Gasteiger partial charge in [-0.2, -0.15) is 0 Å². The van der Waals surface area contributed by atoms with Crippen LogP contribution >= 0.6 is 22.7 Å². The van der Waals surface area contributed by atoms with Crippen LogP contribution in [-0.4, -0.2) is 25.6 Å². The lowest BCUT2D eigenvalue weighted by Gasteiger charge is -2.30. The lowest BCUT2D eigenvalue weighted by molar-refractivity contribution is -0.212. The molecule has 2 heterocycles. The summed E-state index contributed by atoms with van der Waals surface area (Å²) < 4.78 is 10.4. The van der Waals surface area contributed by atoms with Crippen molar-refractivity contribution in [2.75, 3.05) is 14.2 Å². The molecular formula is C13H16O3S2. The fraction of sp³-hybridized carbons (Fsp3) is 0.385. The fourth-order valence-corrected chi connectivity index (χ4v) is 3.88. The first-order valence-electron chi connectivity index (χ1n) is 5.51. The van der Waals surface area contributed by atoms with E-state index in [0.29, 0.717) is 0 Å². The molecule has 0 aliphatic rings. The molecule has 0 saturated heterocycles. The molecule has 2 aromatic heterocycles. The maximum atomic E-state index is 10.7. The maximum Gasteiger partial charge on any atom is 0.189 e. The summed E-state index contributed by atoms with van der Waals surface area (Å²) in [7, 11) is 3.06. The van der Waals surface area contributed by atoms with Crippen LogP contribution in [0.15, 0.2) is 29.0 Å². The van der Waals surface area contributed by atoms with Crippen LogP contribution in [0.1, 0.15) is 12.5 Å². The third kappa shape index (κ3) is 2.37. The van der Waals surface area contributed by atoms with E-state index in [-0.39, 0.29) is 0 Å². The van der Waals surface area contributed by atoms with Crippen molar-refractivity contribution in [3.63, 3.8) is 0 Å². The minimum Gasteiger partial charge on any atom is -0.380 e. The molecule has 1 atom stereocenters. The molecule has 98 valence electrons. The topological polar surface area (TPSA) is 38.7 Å². The molecule has 18 heavy (non-hydrogen) atoms. The van der Waals surface area contributed by atoms with Crippen LogP contribution in [0, 0.1) is 0 Å². The van der Waals surface area contributed by atoms with E-state index < -0.39 is 11.9 Å². The third-order valence-electron chi connectivity index (χ3n) is 2.84. The van der Waals surface area contributed by atoms with E-state index in [1.807, 2.05) is 29.0 Å². The van der Waals surface area contributed by atoms with E-state index in [2.05, 4.69) is 0 Å². The normalized spacial score (nSPS) is 14.9. The smallest absolute Gasteiger partial charge is 0.189 e. The number of aliphatic hydroxyl groups is 1. The highest BCUT2D eigenvalue weighted by Crippen LogP contribution is 2.40. The van der Waals surface area contributed by atoms with Crippen LogP contribution < -0.4 is 0 Å². The van der Waals surface area contributed by atoms with Crippen LogP contribution in [0.4, 0.5) is 0 Å². The fourth-order valence-electron chi connectivity index (χ4n) is 1.99. The Bertz CT molecular complexity index is 484. The Labute approximate surface area is 115 Å². The molecular weight excluding hydrogens is 268 g/mol. The van der Waals surface area contributed by atoms with E-state index in [4.69, 9.17) is 9.47 Å². The quantitative estimate of drug-likeness (QED) is 0.856. The predicted molar refractivity (Wildman–Crippen MR) is 75.0 cm³/mol. The number of ether oxygens (including phenoxy) is 2. The van der Waals surface area contributed by atoms with Crippen LogP contribution in [0.2, 0.25) is 0 Å². The zero-order valence-electron chi connectivity index (χ0n) is 10.5. The zero-order valence-corrected chi connectivity index (χ0v) is 12.2. The largest absolute Gasteiger partial charge is 0.380 e. The highest BCUT2D eigenvalue weighted by Gasteiger charge is 2.37. The molecule has 0 spiro atoms. The highest BCUT2D eigenvalue weighted by atomic mass is 32.1. The van der Waals surface area contributed by atoms with Crippen molar-refractivity contribution in [2.24, 2.45) is 0 Å². The summed E-state index contributed by atoms with van der Waals surface area (Å²) >= 11 is 3.27. The van der Waals surface area contributed by atoms with E-state index in [1.165, 1.54) is 14.2 Å². The SMILES string of the molecule is COC(OC)C(C)(O)c1ccsc1-c1cccs1. The predicted octanol–water partition coefficient (Wildman–Crippen LogP) is 3.30. The van der Waals surface area contributed by atoms with Crippen molar-refractivity contribution in [3.05, 3.63) is 34.5 Å². The lowest BCUT2D eigenvalue weighted by Crippen LogP contribution is -2.39. The van der Waals surface area contributed by atoms with Crippen molar-refractivity contribution in [2.45, 2.75) is 18.8 Å². The van der Waals surface area contributed by atoms with Gasteiger partial charge in [0.25, 0.3) is 0 Å². The van der Waals surface area contributed by atoms with Gasteiger partial charge in [0.05, 0.1) is 4.88 Å². The number of hydrogen-bond acceptors (Lipinski definition) is 5. The number of hydrogen-bond donors (Lipinski definition) is 1. The van der Waals surface area contributed by atoms with Gasteiger partial charge in [0.15, 0.2) is 6.29 Å².